The van der Waals surface area contributed by atoms with Crippen molar-refractivity contribution in [2.45, 2.75) is 6.92 Å². The molecule has 3 heteroatoms. The van der Waals surface area contributed by atoms with E-state index in [-0.39, 0.29) is 0 Å². The van der Waals surface area contributed by atoms with Crippen LogP contribution >= 0.6 is 0 Å². The first-order chi connectivity index (χ1) is 17.1. The molecular formula is C32H26N3+. The Labute approximate surface area is 204 Å². The van der Waals surface area contributed by atoms with Gasteiger partial charge in [-0.15, -0.1) is 0 Å². The molecule has 0 atom stereocenters. The third-order valence-electron chi connectivity index (χ3n) is 7.45. The van der Waals surface area contributed by atoms with Gasteiger partial charge >= 0.3 is 0 Å². The maximum absolute atomic E-state index is 2.39. The monoisotopic (exact) mass is 452 g/mol. The molecule has 0 aliphatic carbocycles. The molecule has 0 fully saturated rings. The summed E-state index contributed by atoms with van der Waals surface area (Å²) >= 11 is 0. The molecule has 0 aliphatic heterocycles. The molecule has 4 aromatic carbocycles. The van der Waals surface area contributed by atoms with Crippen molar-refractivity contribution in [3.63, 3.8) is 0 Å². The number of aromatic nitrogens is 3. The van der Waals surface area contributed by atoms with E-state index in [2.05, 4.69) is 138 Å². The Bertz CT molecular complexity index is 1880. The number of pyridine rings is 1. The lowest BCUT2D eigenvalue weighted by Crippen LogP contribution is -2.30. The number of fused-ring (bicyclic) bond motifs is 5. The Morgan fingerprint density at radius 2 is 1.37 bits per heavy atom. The van der Waals surface area contributed by atoms with Gasteiger partial charge in [-0.3, -0.25) is 0 Å². The smallest absolute Gasteiger partial charge is 0.220 e. The fourth-order valence-electron chi connectivity index (χ4n) is 5.71. The second kappa shape index (κ2) is 7.31. The van der Waals surface area contributed by atoms with Crippen molar-refractivity contribution in [3.05, 3.63) is 109 Å². The highest BCUT2D eigenvalue weighted by atomic mass is 15.0. The number of para-hydroxylation sites is 2. The largest absolute Gasteiger partial charge is 0.351 e. The molecular weight excluding hydrogens is 426 g/mol. The fourth-order valence-corrected chi connectivity index (χ4v) is 5.71. The molecule has 3 aromatic heterocycles. The molecule has 0 amide bonds. The summed E-state index contributed by atoms with van der Waals surface area (Å²) in [5, 5.41) is 6.35. The van der Waals surface area contributed by atoms with Gasteiger partial charge in [-0.1, -0.05) is 36.4 Å². The average Bonchev–Trinajstić information content (AvgIpc) is 3.41. The lowest BCUT2D eigenvalue weighted by atomic mass is 9.98. The van der Waals surface area contributed by atoms with E-state index in [1.807, 2.05) is 0 Å². The van der Waals surface area contributed by atoms with Gasteiger partial charge in [0, 0.05) is 46.7 Å². The van der Waals surface area contributed by atoms with Crippen molar-refractivity contribution in [2.24, 2.45) is 14.1 Å². The second-order valence-corrected chi connectivity index (χ2v) is 9.57. The molecule has 0 unspecified atom stereocenters. The molecule has 0 saturated carbocycles. The van der Waals surface area contributed by atoms with Crippen molar-refractivity contribution >= 4 is 43.5 Å². The van der Waals surface area contributed by atoms with Crippen molar-refractivity contribution in [1.29, 1.82) is 0 Å². The minimum Gasteiger partial charge on any atom is -0.351 e. The van der Waals surface area contributed by atoms with Gasteiger partial charge in [-0.25, -0.2) is 4.57 Å². The van der Waals surface area contributed by atoms with E-state index in [1.54, 1.807) is 0 Å². The van der Waals surface area contributed by atoms with Gasteiger partial charge in [0.05, 0.1) is 22.0 Å². The van der Waals surface area contributed by atoms with Gasteiger partial charge in [0.1, 0.15) is 7.05 Å². The Morgan fingerprint density at radius 1 is 0.657 bits per heavy atom. The second-order valence-electron chi connectivity index (χ2n) is 9.57. The van der Waals surface area contributed by atoms with Crippen LogP contribution in [0, 0.1) is 6.92 Å². The van der Waals surface area contributed by atoms with Crippen LogP contribution in [0.15, 0.2) is 103 Å². The van der Waals surface area contributed by atoms with Crippen LogP contribution in [0.5, 0.6) is 0 Å². The van der Waals surface area contributed by atoms with Crippen LogP contribution < -0.4 is 4.57 Å². The summed E-state index contributed by atoms with van der Waals surface area (Å²) in [6, 6.07) is 33.3. The molecule has 3 heterocycles. The quantitative estimate of drug-likeness (QED) is 0.246. The molecule has 0 spiro atoms. The maximum atomic E-state index is 2.39. The van der Waals surface area contributed by atoms with Crippen LogP contribution in [-0.4, -0.2) is 9.13 Å². The number of aryl methyl sites for hydroxylation is 3. The zero-order valence-corrected chi connectivity index (χ0v) is 20.2. The van der Waals surface area contributed by atoms with E-state index in [9.17, 15) is 0 Å². The van der Waals surface area contributed by atoms with Gasteiger partial charge in [-0.2, -0.15) is 0 Å². The van der Waals surface area contributed by atoms with E-state index in [0.717, 1.165) is 0 Å². The highest BCUT2D eigenvalue weighted by Gasteiger charge is 2.19. The Hall–Kier alpha value is -4.37. The third-order valence-corrected chi connectivity index (χ3v) is 7.45. The minimum absolute atomic E-state index is 1.19. The summed E-state index contributed by atoms with van der Waals surface area (Å²) in [6.45, 7) is 2.22. The van der Waals surface area contributed by atoms with Crippen molar-refractivity contribution < 1.29 is 4.57 Å². The summed E-state index contributed by atoms with van der Waals surface area (Å²) in [7, 11) is 4.25. The fraction of sp³-hybridized carbons (Fsp3) is 0.0938. The number of hydrogen-bond donors (Lipinski definition) is 0. The average molecular weight is 453 g/mol. The Morgan fingerprint density at radius 3 is 2.11 bits per heavy atom. The van der Waals surface area contributed by atoms with E-state index in [4.69, 9.17) is 0 Å². The van der Waals surface area contributed by atoms with E-state index >= 15 is 0 Å². The molecule has 0 saturated heterocycles. The predicted molar refractivity (Wildman–Crippen MR) is 146 cm³/mol. The molecule has 0 N–H and O–H groups in total. The van der Waals surface area contributed by atoms with Gasteiger partial charge in [-0.05, 0) is 66.4 Å². The zero-order valence-electron chi connectivity index (χ0n) is 20.2. The van der Waals surface area contributed by atoms with Crippen LogP contribution in [0.3, 0.4) is 0 Å². The van der Waals surface area contributed by atoms with E-state index < -0.39 is 0 Å². The van der Waals surface area contributed by atoms with Gasteiger partial charge in [0.25, 0.3) is 0 Å². The molecule has 7 rings (SSSR count). The first-order valence-electron chi connectivity index (χ1n) is 12.1. The van der Waals surface area contributed by atoms with Crippen LogP contribution in [0.25, 0.3) is 60.4 Å². The maximum Gasteiger partial charge on any atom is 0.220 e. The van der Waals surface area contributed by atoms with Crippen LogP contribution in [0.2, 0.25) is 0 Å². The van der Waals surface area contributed by atoms with E-state index in [0.29, 0.717) is 0 Å². The molecule has 7 aromatic rings. The number of hydrogen-bond acceptors (Lipinski definition) is 0. The van der Waals surface area contributed by atoms with Crippen molar-refractivity contribution in [2.75, 3.05) is 0 Å². The Kier molecular flexibility index (Phi) is 4.19. The lowest BCUT2D eigenvalue weighted by Gasteiger charge is -2.12. The predicted octanol–water partition coefficient (Wildman–Crippen LogP) is 7.23. The topological polar surface area (TPSA) is 13.7 Å². The SMILES string of the molecule is Cc1cc2c(ccn2C)cc1-c1c2ccc(-n3c4ccccc4c4ccccc43)cc2cc[n+]1C. The molecule has 0 aliphatic rings. The normalized spacial score (nSPS) is 11.9. The summed E-state index contributed by atoms with van der Waals surface area (Å²) in [5.41, 5.74) is 8.74. The van der Waals surface area contributed by atoms with Gasteiger partial charge in [0.15, 0.2) is 6.20 Å². The standard InChI is InChI=1S/C32H26N3/c1-21-18-31-23(15-16-33(31)2)20-28(21)32-25-13-12-24(19-22(25)14-17-34(32)3)35-29-10-6-4-8-26(29)27-9-5-7-11-30(27)35/h4-20H,1-3H3/q+1. The van der Waals surface area contributed by atoms with Gasteiger partial charge in [0.2, 0.25) is 5.69 Å². The highest BCUT2D eigenvalue weighted by molar-refractivity contribution is 6.09. The van der Waals surface area contributed by atoms with Crippen LogP contribution in [0.4, 0.5) is 0 Å². The Balaban J connectivity index is 1.49. The zero-order chi connectivity index (χ0) is 23.7. The summed E-state index contributed by atoms with van der Waals surface area (Å²) in [4.78, 5) is 0. The van der Waals surface area contributed by atoms with Crippen molar-refractivity contribution in [1.82, 2.24) is 9.13 Å². The molecule has 3 nitrogen and oxygen atoms in total. The lowest BCUT2D eigenvalue weighted by molar-refractivity contribution is -0.659. The number of rotatable bonds is 2. The molecule has 0 radical (unpaired) electrons. The molecule has 35 heavy (non-hydrogen) atoms. The summed E-state index contributed by atoms with van der Waals surface area (Å²) < 4.78 is 6.82. The summed E-state index contributed by atoms with van der Waals surface area (Å²) in [6.07, 6.45) is 4.32. The molecule has 0 bridgehead atoms. The first-order valence-corrected chi connectivity index (χ1v) is 12.1. The minimum atomic E-state index is 1.19. The van der Waals surface area contributed by atoms with Crippen LogP contribution in [-0.2, 0) is 14.1 Å². The third kappa shape index (κ3) is 2.88. The highest BCUT2D eigenvalue weighted by Crippen LogP contribution is 2.35. The molecule has 168 valence electrons. The van der Waals surface area contributed by atoms with Crippen LogP contribution in [0.1, 0.15) is 5.56 Å². The summed E-state index contributed by atoms with van der Waals surface area (Å²) in [5.74, 6) is 0. The number of nitrogens with zero attached hydrogens (tertiary/aromatic N) is 3. The van der Waals surface area contributed by atoms with E-state index in [1.165, 1.54) is 66.0 Å². The van der Waals surface area contributed by atoms with Crippen molar-refractivity contribution in [3.8, 4) is 16.9 Å². The number of benzene rings is 4. The van der Waals surface area contributed by atoms with Gasteiger partial charge < -0.3 is 9.13 Å². The first kappa shape index (κ1) is 20.0.